The molecule has 0 bridgehead atoms. The number of benzene rings is 5. The van der Waals surface area contributed by atoms with Gasteiger partial charge in [0.2, 0.25) is 0 Å². The van der Waals surface area contributed by atoms with Crippen molar-refractivity contribution in [3.63, 3.8) is 0 Å². The number of hydrogen-bond donors (Lipinski definition) is 0. The Bertz CT molecular complexity index is 2980. The number of esters is 4. The molecule has 0 radical (unpaired) electrons. The predicted octanol–water partition coefficient (Wildman–Crippen LogP) is 10.2. The largest absolute Gasteiger partial charge is 0.463 e. The van der Waals surface area contributed by atoms with Crippen LogP contribution in [0.1, 0.15) is 68.4 Å². The van der Waals surface area contributed by atoms with Gasteiger partial charge >= 0.3 is 29.3 Å². The molecule has 16 atom stereocenters. The number of halogens is 3. The van der Waals surface area contributed by atoms with Gasteiger partial charge in [0.15, 0.2) is 43.3 Å². The fourth-order valence-electron chi connectivity index (χ4n) is 10.6. The highest BCUT2D eigenvalue weighted by atomic mass is 79.9. The molecule has 8 rings (SSSR count). The molecule has 0 spiro atoms. The van der Waals surface area contributed by atoms with Crippen molar-refractivity contribution >= 4 is 72.8 Å². The lowest BCUT2D eigenvalue weighted by Crippen LogP contribution is -2.68. The molecule has 21 nitrogen and oxygen atoms in total. The Morgan fingerprint density at radius 1 is 0.418 bits per heavy atom. The summed E-state index contributed by atoms with van der Waals surface area (Å²) in [5.41, 5.74) is 2.78. The fourth-order valence-corrected chi connectivity index (χ4v) is 11.4. The molecule has 24 heteroatoms. The van der Waals surface area contributed by atoms with Crippen LogP contribution in [0.3, 0.4) is 0 Å². The SMILES string of the molecule is CC(=O)OC[C@H]1O[C@@H](O[C@H]2[C@H](OCc3ccccc3)[C@H](O[C@H]3O[C@H](COCc4ccccc4)[C@@H](OCc4ccccc4)[C@H](OCc4ccccc4)[C@@H]3OC(=O)Cl)[C@@H](OCCCC(Br)CBr)O[C@@H]2COCc2ccccc2)[C@H](OC(C)=O)[C@@H](OC(C)=O)[C@H]1OC(C)=O. The molecule has 0 N–H and O–H groups in total. The van der Waals surface area contributed by atoms with Crippen molar-refractivity contribution in [3.05, 3.63) is 179 Å². The topological polar surface area (TPSA) is 233 Å². The van der Waals surface area contributed by atoms with Crippen LogP contribution in [0.25, 0.3) is 0 Å². The van der Waals surface area contributed by atoms with E-state index in [-0.39, 0.29) is 57.7 Å². The van der Waals surface area contributed by atoms with E-state index >= 15 is 0 Å². The maximum Gasteiger partial charge on any atom is 0.404 e. The van der Waals surface area contributed by atoms with Crippen LogP contribution >= 0.6 is 43.5 Å². The van der Waals surface area contributed by atoms with Crippen LogP contribution in [0.15, 0.2) is 152 Å². The first-order valence-electron chi connectivity index (χ1n) is 29.9. The molecule has 0 aromatic heterocycles. The van der Waals surface area contributed by atoms with Gasteiger partial charge in [0.25, 0.3) is 0 Å². The van der Waals surface area contributed by atoms with Crippen molar-refractivity contribution in [1.29, 1.82) is 0 Å². The van der Waals surface area contributed by atoms with Crippen molar-refractivity contribution in [1.82, 2.24) is 0 Å². The molecule has 91 heavy (non-hydrogen) atoms. The van der Waals surface area contributed by atoms with Crippen LogP contribution in [0, 0.1) is 0 Å². The maximum absolute atomic E-state index is 13.5. The van der Waals surface area contributed by atoms with Crippen molar-refractivity contribution in [2.45, 2.75) is 171 Å². The highest BCUT2D eigenvalue weighted by Gasteiger charge is 2.59. The molecule has 5 aromatic carbocycles. The first kappa shape index (κ1) is 71.1. The van der Waals surface area contributed by atoms with Crippen LogP contribution in [-0.4, -0.2) is 158 Å². The second-order valence-electron chi connectivity index (χ2n) is 21.7. The van der Waals surface area contributed by atoms with Crippen molar-refractivity contribution < 1.29 is 99.8 Å². The van der Waals surface area contributed by atoms with Gasteiger partial charge in [0, 0.05) is 56.1 Å². The second kappa shape index (κ2) is 37.2. The van der Waals surface area contributed by atoms with Crippen molar-refractivity contribution in [2.24, 2.45) is 0 Å². The van der Waals surface area contributed by atoms with Gasteiger partial charge in [-0.1, -0.05) is 184 Å². The highest BCUT2D eigenvalue weighted by molar-refractivity contribution is 9.12. The van der Waals surface area contributed by atoms with Crippen LogP contribution in [0.2, 0.25) is 0 Å². The first-order valence-corrected chi connectivity index (χ1v) is 32.3. The average molecular weight is 1410 g/mol. The summed E-state index contributed by atoms with van der Waals surface area (Å²) in [5.74, 6) is -3.28. The number of carbonyl (C=O) groups excluding carboxylic acids is 5. The van der Waals surface area contributed by atoms with E-state index in [0.717, 1.165) is 43.0 Å². The highest BCUT2D eigenvalue weighted by Crippen LogP contribution is 2.39. The van der Waals surface area contributed by atoms with Gasteiger partial charge in [-0.15, -0.1) is 0 Å². The van der Waals surface area contributed by atoms with E-state index in [1.54, 1.807) is 0 Å². The van der Waals surface area contributed by atoms with Crippen molar-refractivity contribution in [2.75, 3.05) is 31.8 Å². The number of carbonyl (C=O) groups is 5. The summed E-state index contributed by atoms with van der Waals surface area (Å²) in [6, 6.07) is 47.0. The fraction of sp³-hybridized carbons (Fsp3) is 0.478. The molecule has 0 aliphatic carbocycles. The number of alkyl halides is 2. The molecule has 3 aliphatic rings. The summed E-state index contributed by atoms with van der Waals surface area (Å²) in [6.45, 7) is 3.97. The van der Waals surface area contributed by atoms with Gasteiger partial charge < -0.3 is 75.8 Å². The molecule has 492 valence electrons. The Morgan fingerprint density at radius 2 is 0.791 bits per heavy atom. The van der Waals surface area contributed by atoms with E-state index in [4.69, 9.17) is 87.4 Å². The monoisotopic (exact) mass is 1410 g/mol. The van der Waals surface area contributed by atoms with Gasteiger partial charge in [0.05, 0.1) is 46.2 Å². The normalized spacial score (nSPS) is 26.8. The number of rotatable bonds is 33. The maximum atomic E-state index is 13.5. The van der Waals surface area contributed by atoms with Gasteiger partial charge in [0.1, 0.15) is 55.4 Å². The molecule has 3 heterocycles. The van der Waals surface area contributed by atoms with Crippen molar-refractivity contribution in [3.8, 4) is 0 Å². The molecular weight excluding hydrogens is 1340 g/mol. The first-order chi connectivity index (χ1) is 44.1. The Hall–Kier alpha value is -5.74. The minimum absolute atomic E-state index is 0.00201. The number of hydrogen-bond acceptors (Lipinski definition) is 21. The van der Waals surface area contributed by atoms with Crippen LogP contribution in [0.4, 0.5) is 4.79 Å². The lowest BCUT2D eigenvalue weighted by molar-refractivity contribution is -0.394. The molecular formula is C67H77Br2ClO21. The lowest BCUT2D eigenvalue weighted by Gasteiger charge is -2.51. The zero-order chi connectivity index (χ0) is 64.5. The van der Waals surface area contributed by atoms with Crippen LogP contribution < -0.4 is 0 Å². The van der Waals surface area contributed by atoms with E-state index in [2.05, 4.69) is 31.9 Å². The van der Waals surface area contributed by atoms with E-state index in [9.17, 15) is 24.0 Å². The Labute approximate surface area is 551 Å². The smallest absolute Gasteiger partial charge is 0.404 e. The quantitative estimate of drug-likeness (QED) is 0.0125. The molecule has 0 amide bonds. The zero-order valence-corrected chi connectivity index (χ0v) is 54.8. The van der Waals surface area contributed by atoms with Crippen LogP contribution in [-0.2, 0) is 128 Å². The molecule has 3 saturated heterocycles. The molecule has 3 fully saturated rings. The van der Waals surface area contributed by atoms with Gasteiger partial charge in [-0.25, -0.2) is 4.79 Å². The lowest BCUT2D eigenvalue weighted by atomic mass is 9.95. The standard InChI is InChI=1S/C67H77Br2ClO21/c1-42(71)79-41-54-57(83-43(2)72)60(84-44(3)73)63(85-45(4)74)66(88-54)89-56-53(40-77-35-47-23-12-6-13-24-47)86-64(78-32-20-31-51(69)33-68)61(59(56)82-38-50-29-18-9-19-30-50)90-65-62(91-67(70)75)58(81-37-49-27-16-8-17-28-49)55(80-36-48-25-14-7-15-26-48)52(87-65)39-76-34-46-21-10-5-11-22-46/h5-19,21-30,51-66H,20,31-41H2,1-4H3/t51?,52-,53-,54-,55-,56-,57+,58+,59+,60+,61+,62+,63-,64+,65-,66+/m1/s1. The second-order valence-corrected chi connectivity index (χ2v) is 24.0. The molecule has 3 aliphatic heterocycles. The van der Waals surface area contributed by atoms with Gasteiger partial charge in [-0.3, -0.25) is 19.2 Å². The zero-order valence-electron chi connectivity index (χ0n) is 50.9. The Kier molecular flexibility index (Phi) is 29.1. The number of ether oxygens (including phenoxy) is 16. The summed E-state index contributed by atoms with van der Waals surface area (Å²) in [7, 11) is 0. The predicted molar refractivity (Wildman–Crippen MR) is 334 cm³/mol. The molecule has 5 aromatic rings. The summed E-state index contributed by atoms with van der Waals surface area (Å²) < 4.78 is 105. The van der Waals surface area contributed by atoms with Gasteiger partial charge in [-0.05, 0) is 40.7 Å². The molecule has 1 unspecified atom stereocenters. The summed E-state index contributed by atoms with van der Waals surface area (Å²) in [6.07, 6.45) is -20.1. The van der Waals surface area contributed by atoms with Gasteiger partial charge in [-0.2, -0.15) is 0 Å². The summed E-state index contributed by atoms with van der Waals surface area (Å²) in [4.78, 5) is 65.2. The third-order valence-corrected chi connectivity index (χ3v) is 17.2. The minimum atomic E-state index is -1.77. The summed E-state index contributed by atoms with van der Waals surface area (Å²) in [5, 5.41) is 0.659. The minimum Gasteiger partial charge on any atom is -0.463 e. The molecule has 0 saturated carbocycles. The summed E-state index contributed by atoms with van der Waals surface area (Å²) >= 11 is 13.6. The Balaban J connectivity index is 1.27. The van der Waals surface area contributed by atoms with Crippen LogP contribution in [0.5, 0.6) is 0 Å². The Morgan fingerprint density at radius 3 is 1.23 bits per heavy atom. The van der Waals surface area contributed by atoms with E-state index in [0.29, 0.717) is 23.7 Å². The average Bonchev–Trinajstić information content (AvgIpc) is 1.19. The third kappa shape index (κ3) is 22.5. The van der Waals surface area contributed by atoms with E-state index < -0.39 is 128 Å². The van der Waals surface area contributed by atoms with E-state index in [1.807, 2.05) is 152 Å². The van der Waals surface area contributed by atoms with E-state index in [1.165, 1.54) is 6.92 Å². The third-order valence-electron chi connectivity index (χ3n) is 14.7.